The van der Waals surface area contributed by atoms with Crippen molar-refractivity contribution in [2.75, 3.05) is 26.2 Å². The number of carbonyl (C=O) groups excluding carboxylic acids is 1. The molecule has 0 atom stereocenters. The fourth-order valence-corrected chi connectivity index (χ4v) is 3.47. The number of nitrogens with zero attached hydrogens (tertiary/aromatic N) is 1. The van der Waals surface area contributed by atoms with Crippen LogP contribution in [0.1, 0.15) is 30.9 Å². The van der Waals surface area contributed by atoms with E-state index in [2.05, 4.69) is 17.0 Å². The van der Waals surface area contributed by atoms with Crippen LogP contribution in [0.5, 0.6) is 5.75 Å². The maximum absolute atomic E-state index is 11.8. The summed E-state index contributed by atoms with van der Waals surface area (Å²) in [6.45, 7) is 4.29. The first-order valence-corrected chi connectivity index (χ1v) is 9.91. The summed E-state index contributed by atoms with van der Waals surface area (Å²) in [5, 5.41) is 8.14. The van der Waals surface area contributed by atoms with E-state index in [0.29, 0.717) is 18.9 Å². The predicted octanol–water partition coefficient (Wildman–Crippen LogP) is 3.91. The molecule has 0 spiro atoms. The lowest BCUT2D eigenvalue weighted by Gasteiger charge is -2.30. The molecule has 1 fully saturated rings. The number of rotatable bonds is 7. The highest BCUT2D eigenvalue weighted by atomic mass is 16.5. The van der Waals surface area contributed by atoms with Crippen molar-refractivity contribution in [2.24, 2.45) is 5.92 Å². The second-order valence-corrected chi connectivity index (χ2v) is 7.13. The molecule has 0 unspecified atom stereocenters. The third-order valence-electron chi connectivity index (χ3n) is 4.99. The molecule has 0 aliphatic carbocycles. The number of benzene rings is 2. The number of esters is 1. The van der Waals surface area contributed by atoms with Crippen LogP contribution in [0, 0.1) is 11.3 Å². The third kappa shape index (κ3) is 5.92. The molecular formula is C23H28N2O3. The number of carbonyl (C=O) groups is 1. The lowest BCUT2D eigenvalue weighted by molar-refractivity contribution is -0.149. The standard InChI is InChI=1S/C23H28N2O3/c1-2-27-23(26)20-12-14-25(15-13-20)17-22(24)28-21-10-8-19(9-11-21)16-18-6-4-3-5-7-18/h3-11,20,24H,2,12-17H2,1H3. The summed E-state index contributed by atoms with van der Waals surface area (Å²) in [6, 6.07) is 18.3. The normalized spacial score (nSPS) is 15.2. The Morgan fingerprint density at radius 1 is 1.04 bits per heavy atom. The van der Waals surface area contributed by atoms with E-state index in [-0.39, 0.29) is 17.8 Å². The first kappa shape index (κ1) is 20.1. The Labute approximate surface area is 166 Å². The molecular weight excluding hydrogens is 352 g/mol. The minimum atomic E-state index is -0.0935. The summed E-state index contributed by atoms with van der Waals surface area (Å²) < 4.78 is 10.8. The molecule has 1 heterocycles. The molecule has 1 N–H and O–H groups in total. The quantitative estimate of drug-likeness (QED) is 0.449. The predicted molar refractivity (Wildman–Crippen MR) is 110 cm³/mol. The zero-order chi connectivity index (χ0) is 19.8. The largest absolute Gasteiger partial charge is 0.466 e. The molecule has 5 nitrogen and oxygen atoms in total. The van der Waals surface area contributed by atoms with Crippen molar-refractivity contribution in [2.45, 2.75) is 26.2 Å². The van der Waals surface area contributed by atoms with Gasteiger partial charge in [-0.25, -0.2) is 0 Å². The second-order valence-electron chi connectivity index (χ2n) is 7.13. The first-order valence-electron chi connectivity index (χ1n) is 9.91. The van der Waals surface area contributed by atoms with Gasteiger partial charge in [-0.2, -0.15) is 0 Å². The van der Waals surface area contributed by atoms with Gasteiger partial charge < -0.3 is 9.47 Å². The van der Waals surface area contributed by atoms with Gasteiger partial charge in [0.25, 0.3) is 0 Å². The molecule has 1 aliphatic rings. The van der Waals surface area contributed by atoms with Gasteiger partial charge in [-0.1, -0.05) is 42.5 Å². The molecule has 28 heavy (non-hydrogen) atoms. The van der Waals surface area contributed by atoms with E-state index in [9.17, 15) is 4.79 Å². The van der Waals surface area contributed by atoms with E-state index >= 15 is 0 Å². The van der Waals surface area contributed by atoms with Gasteiger partial charge in [-0.3, -0.25) is 15.1 Å². The number of likely N-dealkylation sites (tertiary alicyclic amines) is 1. The average molecular weight is 380 g/mol. The summed E-state index contributed by atoms with van der Waals surface area (Å²) in [7, 11) is 0. The summed E-state index contributed by atoms with van der Waals surface area (Å²) in [4.78, 5) is 14.0. The van der Waals surface area contributed by atoms with Crippen LogP contribution < -0.4 is 4.74 Å². The Morgan fingerprint density at radius 3 is 2.32 bits per heavy atom. The van der Waals surface area contributed by atoms with Crippen molar-refractivity contribution in [1.82, 2.24) is 4.90 Å². The fraction of sp³-hybridized carbons (Fsp3) is 0.391. The van der Waals surface area contributed by atoms with Crippen molar-refractivity contribution in [3.63, 3.8) is 0 Å². The molecule has 0 aromatic heterocycles. The van der Waals surface area contributed by atoms with Gasteiger partial charge in [-0.15, -0.1) is 0 Å². The molecule has 2 aromatic rings. The molecule has 0 saturated carbocycles. The van der Waals surface area contributed by atoms with E-state index < -0.39 is 0 Å². The van der Waals surface area contributed by atoms with E-state index in [1.807, 2.05) is 49.4 Å². The van der Waals surface area contributed by atoms with Crippen molar-refractivity contribution in [3.8, 4) is 5.75 Å². The van der Waals surface area contributed by atoms with E-state index in [1.54, 1.807) is 0 Å². The molecule has 0 radical (unpaired) electrons. The van der Waals surface area contributed by atoms with Gasteiger partial charge in [-0.05, 0) is 62.5 Å². The average Bonchev–Trinajstić information content (AvgIpc) is 2.71. The summed E-state index contributed by atoms with van der Waals surface area (Å²) in [5.41, 5.74) is 2.49. The van der Waals surface area contributed by atoms with Crippen LogP contribution in [0.4, 0.5) is 0 Å². The minimum absolute atomic E-state index is 0.0107. The van der Waals surface area contributed by atoms with Crippen molar-refractivity contribution in [3.05, 3.63) is 65.7 Å². The Morgan fingerprint density at radius 2 is 1.68 bits per heavy atom. The molecule has 0 bridgehead atoms. The number of nitrogens with one attached hydrogen (secondary N) is 1. The molecule has 2 aromatic carbocycles. The molecule has 0 amide bonds. The zero-order valence-electron chi connectivity index (χ0n) is 16.4. The molecule has 1 saturated heterocycles. The molecule has 5 heteroatoms. The number of ether oxygens (including phenoxy) is 2. The van der Waals surface area contributed by atoms with E-state index in [4.69, 9.17) is 14.9 Å². The van der Waals surface area contributed by atoms with Crippen LogP contribution in [-0.2, 0) is 16.0 Å². The van der Waals surface area contributed by atoms with Gasteiger partial charge in [0.1, 0.15) is 5.75 Å². The first-order chi connectivity index (χ1) is 13.6. The Bertz CT molecular complexity index is 766. The monoisotopic (exact) mass is 380 g/mol. The zero-order valence-corrected chi connectivity index (χ0v) is 16.4. The topological polar surface area (TPSA) is 62.6 Å². The number of piperidine rings is 1. The minimum Gasteiger partial charge on any atom is -0.466 e. The van der Waals surface area contributed by atoms with E-state index in [0.717, 1.165) is 32.4 Å². The van der Waals surface area contributed by atoms with Gasteiger partial charge in [0.05, 0.1) is 19.1 Å². The van der Waals surface area contributed by atoms with Crippen molar-refractivity contribution < 1.29 is 14.3 Å². The van der Waals surface area contributed by atoms with Crippen LogP contribution >= 0.6 is 0 Å². The Balaban J connectivity index is 1.43. The summed E-state index contributed by atoms with van der Waals surface area (Å²) in [5.74, 6) is 0.807. The molecule has 3 rings (SSSR count). The smallest absolute Gasteiger partial charge is 0.309 e. The van der Waals surface area contributed by atoms with Crippen LogP contribution in [0.2, 0.25) is 0 Å². The Kier molecular flexibility index (Phi) is 7.20. The van der Waals surface area contributed by atoms with Gasteiger partial charge in [0.15, 0.2) is 0 Å². The Hall–Kier alpha value is -2.66. The lowest BCUT2D eigenvalue weighted by Crippen LogP contribution is -2.40. The third-order valence-corrected chi connectivity index (χ3v) is 4.99. The highest BCUT2D eigenvalue weighted by Gasteiger charge is 2.26. The van der Waals surface area contributed by atoms with Crippen LogP contribution in [-0.4, -0.2) is 43.0 Å². The van der Waals surface area contributed by atoms with Gasteiger partial charge in [0, 0.05) is 0 Å². The van der Waals surface area contributed by atoms with Crippen LogP contribution in [0.15, 0.2) is 54.6 Å². The maximum Gasteiger partial charge on any atom is 0.309 e. The van der Waals surface area contributed by atoms with Gasteiger partial charge in [0.2, 0.25) is 5.90 Å². The van der Waals surface area contributed by atoms with E-state index in [1.165, 1.54) is 11.1 Å². The molecule has 1 aliphatic heterocycles. The van der Waals surface area contributed by atoms with Crippen molar-refractivity contribution in [1.29, 1.82) is 5.41 Å². The summed E-state index contributed by atoms with van der Waals surface area (Å²) >= 11 is 0. The van der Waals surface area contributed by atoms with Crippen LogP contribution in [0.25, 0.3) is 0 Å². The lowest BCUT2D eigenvalue weighted by atomic mass is 9.97. The highest BCUT2D eigenvalue weighted by Crippen LogP contribution is 2.19. The molecule has 148 valence electrons. The van der Waals surface area contributed by atoms with Gasteiger partial charge >= 0.3 is 5.97 Å². The summed E-state index contributed by atoms with van der Waals surface area (Å²) in [6.07, 6.45) is 2.44. The SMILES string of the molecule is CCOC(=O)C1CCN(CC(=N)Oc2ccc(Cc3ccccc3)cc2)CC1. The maximum atomic E-state index is 11.8. The van der Waals surface area contributed by atoms with Crippen LogP contribution in [0.3, 0.4) is 0 Å². The number of hydrogen-bond acceptors (Lipinski definition) is 5. The fourth-order valence-electron chi connectivity index (χ4n) is 3.47. The van der Waals surface area contributed by atoms with Crippen molar-refractivity contribution >= 4 is 11.9 Å². The highest BCUT2D eigenvalue weighted by molar-refractivity contribution is 5.77. The number of hydrogen-bond donors (Lipinski definition) is 1. The second kappa shape index (κ2) is 10.0.